The molecule has 2 N–H and O–H groups in total. The van der Waals surface area contributed by atoms with Crippen LogP contribution in [0.4, 0.5) is 5.69 Å². The fourth-order valence-electron chi connectivity index (χ4n) is 2.49. The molecule has 19 heavy (non-hydrogen) atoms. The van der Waals surface area contributed by atoms with Gasteiger partial charge in [0.05, 0.1) is 10.7 Å². The minimum absolute atomic E-state index is 0.749. The van der Waals surface area contributed by atoms with Crippen LogP contribution in [0.25, 0.3) is 0 Å². The lowest BCUT2D eigenvalue weighted by atomic mass is 10.2. The Morgan fingerprint density at radius 3 is 2.63 bits per heavy atom. The van der Waals surface area contributed by atoms with Crippen molar-refractivity contribution in [3.63, 3.8) is 0 Å². The van der Waals surface area contributed by atoms with E-state index in [1.54, 1.807) is 12.4 Å². The maximum Gasteiger partial charge on any atom is 0.0822 e. The topological polar surface area (TPSA) is 45.4 Å². The van der Waals surface area contributed by atoms with Crippen molar-refractivity contribution >= 4 is 17.3 Å². The number of aromatic nitrogens is 1. The first-order chi connectivity index (χ1) is 9.31. The van der Waals surface area contributed by atoms with Crippen LogP contribution in [0.3, 0.4) is 0 Å². The van der Waals surface area contributed by atoms with E-state index in [1.807, 2.05) is 6.07 Å². The third-order valence-electron chi connectivity index (χ3n) is 3.64. The molecule has 106 valence electrons. The molecule has 0 atom stereocenters. The Labute approximate surface area is 120 Å². The molecule has 0 unspecified atom stereocenters. The van der Waals surface area contributed by atoms with Gasteiger partial charge in [-0.25, -0.2) is 0 Å². The smallest absolute Gasteiger partial charge is 0.0822 e. The third-order valence-corrected chi connectivity index (χ3v) is 3.93. The highest BCUT2D eigenvalue weighted by molar-refractivity contribution is 6.33. The number of hydrogen-bond donors (Lipinski definition) is 1. The summed E-state index contributed by atoms with van der Waals surface area (Å²) in [6.45, 7) is 6.32. The summed E-state index contributed by atoms with van der Waals surface area (Å²) in [5.74, 6) is 0. The minimum Gasteiger partial charge on any atom is -0.368 e. The summed E-state index contributed by atoms with van der Waals surface area (Å²) in [6.07, 6.45) is 7.17. The highest BCUT2D eigenvalue weighted by atomic mass is 35.5. The predicted octanol–water partition coefficient (Wildman–Crippen LogP) is 1.99. The molecule has 1 aromatic rings. The number of nitrogens with zero attached hydrogens (tertiary/aromatic N) is 3. The van der Waals surface area contributed by atoms with Crippen LogP contribution < -0.4 is 10.6 Å². The van der Waals surface area contributed by atoms with Gasteiger partial charge in [-0.3, -0.25) is 9.88 Å². The van der Waals surface area contributed by atoms with Gasteiger partial charge in [-0.15, -0.1) is 0 Å². The largest absolute Gasteiger partial charge is 0.368 e. The zero-order valence-electron chi connectivity index (χ0n) is 11.4. The van der Waals surface area contributed by atoms with Gasteiger partial charge in [-0.05, 0) is 32.0 Å². The van der Waals surface area contributed by atoms with Gasteiger partial charge in [0.15, 0.2) is 0 Å². The first kappa shape index (κ1) is 14.6. The van der Waals surface area contributed by atoms with Gasteiger partial charge in [0.1, 0.15) is 0 Å². The molecule has 1 aliphatic rings. The average molecular weight is 283 g/mol. The van der Waals surface area contributed by atoms with Crippen molar-refractivity contribution in [2.75, 3.05) is 44.2 Å². The van der Waals surface area contributed by atoms with Crippen LogP contribution >= 0.6 is 11.6 Å². The molecule has 0 saturated carbocycles. The second kappa shape index (κ2) is 7.68. The zero-order chi connectivity index (χ0) is 13.5. The molecule has 0 radical (unpaired) electrons. The normalized spacial score (nSPS) is 16.8. The quantitative estimate of drug-likeness (QED) is 0.811. The molecule has 0 aromatic carbocycles. The van der Waals surface area contributed by atoms with Gasteiger partial charge in [0.25, 0.3) is 0 Å². The number of piperazine rings is 1. The van der Waals surface area contributed by atoms with Crippen molar-refractivity contribution in [3.8, 4) is 0 Å². The maximum absolute atomic E-state index is 6.18. The number of halogens is 1. The molecule has 0 bridgehead atoms. The molecule has 2 heterocycles. The number of unbranched alkanes of at least 4 members (excludes halogenated alkanes) is 2. The van der Waals surface area contributed by atoms with Crippen molar-refractivity contribution in [1.82, 2.24) is 9.88 Å². The van der Waals surface area contributed by atoms with Crippen LogP contribution in [-0.4, -0.2) is 49.2 Å². The fourth-order valence-corrected chi connectivity index (χ4v) is 2.73. The molecule has 0 spiro atoms. The number of anilines is 1. The summed E-state index contributed by atoms with van der Waals surface area (Å²) >= 11 is 6.18. The van der Waals surface area contributed by atoms with Gasteiger partial charge >= 0.3 is 0 Å². The summed E-state index contributed by atoms with van der Waals surface area (Å²) in [5, 5.41) is 0.749. The van der Waals surface area contributed by atoms with Gasteiger partial charge in [0, 0.05) is 38.6 Å². The standard InChI is InChI=1S/C14H23ClN4/c15-13-12-17-6-4-14(13)19-10-8-18(9-11-19)7-3-1-2-5-16/h4,6,12H,1-3,5,7-11,16H2. The molecule has 2 rings (SSSR count). The van der Waals surface area contributed by atoms with E-state index < -0.39 is 0 Å². The van der Waals surface area contributed by atoms with Crippen LogP contribution in [0.15, 0.2) is 18.5 Å². The van der Waals surface area contributed by atoms with E-state index in [-0.39, 0.29) is 0 Å². The molecular weight excluding hydrogens is 260 g/mol. The van der Waals surface area contributed by atoms with Crippen molar-refractivity contribution in [1.29, 1.82) is 0 Å². The number of nitrogens with two attached hydrogens (primary N) is 1. The Bertz CT molecular complexity index is 377. The number of hydrogen-bond acceptors (Lipinski definition) is 4. The molecule has 4 nitrogen and oxygen atoms in total. The van der Waals surface area contributed by atoms with Crippen LogP contribution in [0.1, 0.15) is 19.3 Å². The second-order valence-corrected chi connectivity index (χ2v) is 5.41. The molecule has 0 aliphatic carbocycles. The monoisotopic (exact) mass is 282 g/mol. The highest BCUT2D eigenvalue weighted by Gasteiger charge is 2.18. The van der Waals surface area contributed by atoms with Gasteiger partial charge < -0.3 is 10.6 Å². The van der Waals surface area contributed by atoms with Gasteiger partial charge in [0.2, 0.25) is 0 Å². The van der Waals surface area contributed by atoms with Crippen molar-refractivity contribution in [3.05, 3.63) is 23.5 Å². The Balaban J connectivity index is 1.75. The van der Waals surface area contributed by atoms with E-state index in [0.29, 0.717) is 0 Å². The number of rotatable bonds is 6. The van der Waals surface area contributed by atoms with Crippen LogP contribution in [0, 0.1) is 0 Å². The second-order valence-electron chi connectivity index (χ2n) is 5.01. The molecule has 5 heteroatoms. The highest BCUT2D eigenvalue weighted by Crippen LogP contribution is 2.25. The van der Waals surface area contributed by atoms with Crippen LogP contribution in [0.5, 0.6) is 0 Å². The van der Waals surface area contributed by atoms with Crippen molar-refractivity contribution in [2.45, 2.75) is 19.3 Å². The number of pyridine rings is 1. The maximum atomic E-state index is 6.18. The van der Waals surface area contributed by atoms with E-state index in [9.17, 15) is 0 Å². The van der Waals surface area contributed by atoms with E-state index in [1.165, 1.54) is 19.4 Å². The third kappa shape index (κ3) is 4.34. The summed E-state index contributed by atoms with van der Waals surface area (Å²) in [5.41, 5.74) is 6.62. The van der Waals surface area contributed by atoms with Crippen LogP contribution in [0.2, 0.25) is 5.02 Å². The summed E-state index contributed by atoms with van der Waals surface area (Å²) in [7, 11) is 0. The molecule has 1 aliphatic heterocycles. The predicted molar refractivity (Wildman–Crippen MR) is 80.8 cm³/mol. The molecule has 1 saturated heterocycles. The Kier molecular flexibility index (Phi) is 5.89. The Morgan fingerprint density at radius 2 is 1.95 bits per heavy atom. The summed E-state index contributed by atoms with van der Waals surface area (Å²) in [4.78, 5) is 8.91. The first-order valence-electron chi connectivity index (χ1n) is 7.08. The van der Waals surface area contributed by atoms with E-state index in [0.717, 1.165) is 49.9 Å². The SMILES string of the molecule is NCCCCCN1CCN(c2ccncc2Cl)CC1. The lowest BCUT2D eigenvalue weighted by Gasteiger charge is -2.36. The van der Waals surface area contributed by atoms with E-state index in [4.69, 9.17) is 17.3 Å². The van der Waals surface area contributed by atoms with Crippen molar-refractivity contribution in [2.24, 2.45) is 5.73 Å². The molecule has 1 aromatic heterocycles. The lowest BCUT2D eigenvalue weighted by Crippen LogP contribution is -2.46. The molecule has 1 fully saturated rings. The lowest BCUT2D eigenvalue weighted by molar-refractivity contribution is 0.252. The molecular formula is C14H23ClN4. The fraction of sp³-hybridized carbons (Fsp3) is 0.643. The summed E-state index contributed by atoms with van der Waals surface area (Å²) in [6, 6.07) is 2.00. The average Bonchev–Trinajstić information content (AvgIpc) is 2.45. The van der Waals surface area contributed by atoms with Crippen molar-refractivity contribution < 1.29 is 0 Å². The van der Waals surface area contributed by atoms with E-state index in [2.05, 4.69) is 14.8 Å². The Morgan fingerprint density at radius 1 is 1.16 bits per heavy atom. The summed E-state index contributed by atoms with van der Waals surface area (Å²) < 4.78 is 0. The molecule has 0 amide bonds. The van der Waals surface area contributed by atoms with Gasteiger partial charge in [-0.2, -0.15) is 0 Å². The van der Waals surface area contributed by atoms with E-state index >= 15 is 0 Å². The zero-order valence-corrected chi connectivity index (χ0v) is 12.1. The van der Waals surface area contributed by atoms with Crippen LogP contribution in [-0.2, 0) is 0 Å². The Hall–Kier alpha value is -0.840. The minimum atomic E-state index is 0.749. The first-order valence-corrected chi connectivity index (χ1v) is 7.46. The van der Waals surface area contributed by atoms with Gasteiger partial charge in [-0.1, -0.05) is 18.0 Å².